The highest BCUT2D eigenvalue weighted by atomic mass is 35.5. The van der Waals surface area contributed by atoms with Gasteiger partial charge in [0.25, 0.3) is 11.8 Å². The number of halogens is 1. The number of anilines is 1. The van der Waals surface area contributed by atoms with E-state index in [1.165, 1.54) is 12.0 Å². The molecule has 0 unspecified atom stereocenters. The third kappa shape index (κ3) is 4.15. The Balaban J connectivity index is 1.78. The number of carbonyl (C=O) groups excluding carboxylic acids is 2. The van der Waals surface area contributed by atoms with Crippen LogP contribution in [0.3, 0.4) is 0 Å². The van der Waals surface area contributed by atoms with Gasteiger partial charge in [-0.1, -0.05) is 23.7 Å². The van der Waals surface area contributed by atoms with Crippen molar-refractivity contribution in [3.63, 3.8) is 0 Å². The number of nitrogens with one attached hydrogen (secondary N) is 1. The molecule has 3 aromatic rings. The topological polar surface area (TPSA) is 80.8 Å². The summed E-state index contributed by atoms with van der Waals surface area (Å²) in [6.45, 7) is 0.123. The lowest BCUT2D eigenvalue weighted by Crippen LogP contribution is -2.32. The maximum atomic E-state index is 13.4. The summed E-state index contributed by atoms with van der Waals surface area (Å²) < 4.78 is 10.7. The summed E-state index contributed by atoms with van der Waals surface area (Å²) in [7, 11) is 3.07. The van der Waals surface area contributed by atoms with Gasteiger partial charge in [0.1, 0.15) is 17.2 Å². The third-order valence-electron chi connectivity index (χ3n) is 5.06. The quantitative estimate of drug-likeness (QED) is 0.546. The summed E-state index contributed by atoms with van der Waals surface area (Å²) in [5.41, 5.74) is 2.27. The van der Waals surface area contributed by atoms with E-state index in [0.717, 1.165) is 5.56 Å². The Bertz CT molecular complexity index is 1190. The SMILES string of the molecule is COc1ccc(OC)c(NC2=C(c3ccc(Cl)cc3)C(=O)N(Cc3ccncc3)C2=O)c1. The van der Waals surface area contributed by atoms with Gasteiger partial charge < -0.3 is 14.8 Å². The van der Waals surface area contributed by atoms with Crippen LogP contribution in [-0.2, 0) is 16.1 Å². The van der Waals surface area contributed by atoms with Crippen molar-refractivity contribution < 1.29 is 19.1 Å². The molecule has 0 bridgehead atoms. The lowest BCUT2D eigenvalue weighted by Gasteiger charge is -2.16. The molecule has 1 aliphatic rings. The standard InChI is InChI=1S/C24H20ClN3O4/c1-31-18-7-8-20(32-2)19(13-18)27-22-21(16-3-5-17(25)6-4-16)23(29)28(24(22)30)14-15-9-11-26-12-10-15/h3-13,27H,14H2,1-2H3. The van der Waals surface area contributed by atoms with Crippen LogP contribution in [0.5, 0.6) is 11.5 Å². The number of amides is 2. The van der Waals surface area contributed by atoms with Crippen LogP contribution in [0.2, 0.25) is 5.02 Å². The Labute approximate surface area is 190 Å². The van der Waals surface area contributed by atoms with Crippen LogP contribution < -0.4 is 14.8 Å². The number of nitrogens with zero attached hydrogens (tertiary/aromatic N) is 2. The summed E-state index contributed by atoms with van der Waals surface area (Å²) in [5.74, 6) is 0.231. The average Bonchev–Trinajstić information content (AvgIpc) is 3.04. The van der Waals surface area contributed by atoms with Crippen LogP contribution in [0.1, 0.15) is 11.1 Å². The number of benzene rings is 2. The molecule has 1 N–H and O–H groups in total. The van der Waals surface area contributed by atoms with Crippen LogP contribution in [-0.4, -0.2) is 35.9 Å². The number of ether oxygens (including phenoxy) is 2. The van der Waals surface area contributed by atoms with E-state index in [1.54, 1.807) is 74.1 Å². The van der Waals surface area contributed by atoms with Crippen molar-refractivity contribution in [2.24, 2.45) is 0 Å². The molecule has 2 amide bonds. The summed E-state index contributed by atoms with van der Waals surface area (Å²) in [6.07, 6.45) is 3.24. The Kier molecular flexibility index (Phi) is 6.09. The number of hydrogen-bond donors (Lipinski definition) is 1. The molecule has 1 aliphatic heterocycles. The first-order valence-electron chi connectivity index (χ1n) is 9.76. The molecule has 7 nitrogen and oxygen atoms in total. The van der Waals surface area contributed by atoms with Gasteiger partial charge in [0.15, 0.2) is 0 Å². The van der Waals surface area contributed by atoms with Crippen LogP contribution in [0.15, 0.2) is 72.7 Å². The Morgan fingerprint density at radius 1 is 0.938 bits per heavy atom. The van der Waals surface area contributed by atoms with E-state index >= 15 is 0 Å². The molecule has 162 valence electrons. The number of rotatable bonds is 7. The van der Waals surface area contributed by atoms with Crippen molar-refractivity contribution in [2.75, 3.05) is 19.5 Å². The highest BCUT2D eigenvalue weighted by Gasteiger charge is 2.39. The van der Waals surface area contributed by atoms with Crippen molar-refractivity contribution in [1.82, 2.24) is 9.88 Å². The van der Waals surface area contributed by atoms with Gasteiger partial charge in [-0.3, -0.25) is 19.5 Å². The molecule has 0 saturated heterocycles. The molecular weight excluding hydrogens is 430 g/mol. The monoisotopic (exact) mass is 449 g/mol. The second-order valence-corrected chi connectivity index (χ2v) is 7.44. The number of carbonyl (C=O) groups is 2. The predicted octanol–water partition coefficient (Wildman–Crippen LogP) is 4.14. The van der Waals surface area contributed by atoms with Gasteiger partial charge in [0.05, 0.1) is 32.0 Å². The van der Waals surface area contributed by atoms with E-state index in [4.69, 9.17) is 21.1 Å². The Morgan fingerprint density at radius 3 is 2.31 bits per heavy atom. The number of imide groups is 1. The zero-order valence-electron chi connectivity index (χ0n) is 17.5. The molecular formula is C24H20ClN3O4. The van der Waals surface area contributed by atoms with Crippen LogP contribution in [0.25, 0.3) is 5.57 Å². The molecule has 8 heteroatoms. The smallest absolute Gasteiger partial charge is 0.278 e. The van der Waals surface area contributed by atoms with Gasteiger partial charge in [-0.15, -0.1) is 0 Å². The van der Waals surface area contributed by atoms with E-state index in [1.807, 2.05) is 0 Å². The van der Waals surface area contributed by atoms with Gasteiger partial charge in [0.2, 0.25) is 0 Å². The molecule has 0 radical (unpaired) electrons. The van der Waals surface area contributed by atoms with Gasteiger partial charge in [-0.25, -0.2) is 0 Å². The van der Waals surface area contributed by atoms with Gasteiger partial charge in [-0.2, -0.15) is 0 Å². The first-order chi connectivity index (χ1) is 15.5. The first-order valence-corrected chi connectivity index (χ1v) is 10.1. The fourth-order valence-corrected chi connectivity index (χ4v) is 3.56. The fourth-order valence-electron chi connectivity index (χ4n) is 3.44. The molecule has 2 heterocycles. The van der Waals surface area contributed by atoms with Crippen molar-refractivity contribution in [3.05, 3.63) is 88.8 Å². The van der Waals surface area contributed by atoms with E-state index in [2.05, 4.69) is 10.3 Å². The van der Waals surface area contributed by atoms with E-state index in [-0.39, 0.29) is 17.8 Å². The molecule has 0 aliphatic carbocycles. The number of aromatic nitrogens is 1. The lowest BCUT2D eigenvalue weighted by atomic mass is 10.0. The first kappa shape index (κ1) is 21.4. The zero-order chi connectivity index (χ0) is 22.7. The van der Waals surface area contributed by atoms with E-state index in [0.29, 0.717) is 27.8 Å². The van der Waals surface area contributed by atoms with Crippen molar-refractivity contribution in [3.8, 4) is 11.5 Å². The van der Waals surface area contributed by atoms with Gasteiger partial charge in [0, 0.05) is 23.5 Å². The summed E-state index contributed by atoms with van der Waals surface area (Å²) in [4.78, 5) is 32.0. The minimum Gasteiger partial charge on any atom is -0.497 e. The van der Waals surface area contributed by atoms with Gasteiger partial charge in [-0.05, 0) is 47.5 Å². The summed E-state index contributed by atoms with van der Waals surface area (Å²) in [6, 6.07) is 15.5. The van der Waals surface area contributed by atoms with Gasteiger partial charge >= 0.3 is 0 Å². The minimum atomic E-state index is -0.443. The normalized spacial score (nSPS) is 13.5. The highest BCUT2D eigenvalue weighted by Crippen LogP contribution is 2.36. The van der Waals surface area contributed by atoms with Crippen molar-refractivity contribution >= 4 is 34.7 Å². The molecule has 32 heavy (non-hydrogen) atoms. The molecule has 4 rings (SSSR count). The van der Waals surface area contributed by atoms with Crippen LogP contribution in [0.4, 0.5) is 5.69 Å². The Morgan fingerprint density at radius 2 is 1.66 bits per heavy atom. The number of hydrogen-bond acceptors (Lipinski definition) is 6. The molecule has 0 fully saturated rings. The molecule has 0 spiro atoms. The van der Waals surface area contributed by atoms with E-state index < -0.39 is 11.8 Å². The predicted molar refractivity (Wildman–Crippen MR) is 121 cm³/mol. The maximum absolute atomic E-state index is 13.4. The second kappa shape index (κ2) is 9.11. The summed E-state index contributed by atoms with van der Waals surface area (Å²) >= 11 is 6.03. The number of methoxy groups -OCH3 is 2. The number of pyridine rings is 1. The molecule has 0 atom stereocenters. The lowest BCUT2D eigenvalue weighted by molar-refractivity contribution is -0.137. The molecule has 1 aromatic heterocycles. The zero-order valence-corrected chi connectivity index (χ0v) is 18.2. The fraction of sp³-hybridized carbons (Fsp3) is 0.125. The van der Waals surface area contributed by atoms with Crippen LogP contribution in [0, 0.1) is 0 Å². The van der Waals surface area contributed by atoms with Crippen molar-refractivity contribution in [1.29, 1.82) is 0 Å². The summed E-state index contributed by atoms with van der Waals surface area (Å²) in [5, 5.41) is 3.64. The molecule has 2 aromatic carbocycles. The highest BCUT2D eigenvalue weighted by molar-refractivity contribution is 6.36. The maximum Gasteiger partial charge on any atom is 0.278 e. The second-order valence-electron chi connectivity index (χ2n) is 7.00. The minimum absolute atomic E-state index is 0.123. The Hall–Kier alpha value is -3.84. The van der Waals surface area contributed by atoms with Crippen molar-refractivity contribution in [2.45, 2.75) is 6.54 Å². The molecule has 0 saturated carbocycles. The van der Waals surface area contributed by atoms with Crippen LogP contribution >= 0.6 is 11.6 Å². The van der Waals surface area contributed by atoms with E-state index in [9.17, 15) is 9.59 Å². The largest absolute Gasteiger partial charge is 0.497 e. The third-order valence-corrected chi connectivity index (χ3v) is 5.31. The average molecular weight is 450 g/mol.